The van der Waals surface area contributed by atoms with Crippen LogP contribution in [0.15, 0.2) is 97.2 Å². The van der Waals surface area contributed by atoms with Gasteiger partial charge in [0, 0.05) is 12.8 Å². The van der Waals surface area contributed by atoms with Crippen molar-refractivity contribution in [2.75, 3.05) is 40.9 Å². The van der Waals surface area contributed by atoms with Crippen molar-refractivity contribution < 1.29 is 37.3 Å². The van der Waals surface area contributed by atoms with Crippen LogP contribution in [0.1, 0.15) is 252 Å². The molecule has 0 rings (SSSR count). The minimum absolute atomic E-state index is 0.0348. The second-order valence-electron chi connectivity index (χ2n) is 21.5. The van der Waals surface area contributed by atoms with Gasteiger partial charge < -0.3 is 28.5 Å². The van der Waals surface area contributed by atoms with Gasteiger partial charge in [0.1, 0.15) is 19.3 Å². The first-order valence-electron chi connectivity index (χ1n) is 30.5. The lowest BCUT2D eigenvalue weighted by atomic mass is 10.1. The summed E-state index contributed by atoms with van der Waals surface area (Å²) in [5.41, 5.74) is 0. The third-order valence-corrected chi connectivity index (χ3v) is 14.0. The Morgan fingerprint density at radius 3 is 1.24 bits per heavy atom. The topological polar surface area (TPSA) is 114 Å². The highest BCUT2D eigenvalue weighted by molar-refractivity contribution is 7.45. The summed E-state index contributed by atoms with van der Waals surface area (Å²) >= 11 is 0. The van der Waals surface area contributed by atoms with Crippen LogP contribution < -0.4 is 10.2 Å². The third-order valence-electron chi connectivity index (χ3n) is 13.0. The number of phosphoric ester groups is 1. The zero-order valence-corrected chi connectivity index (χ0v) is 50.1. The van der Waals surface area contributed by atoms with Crippen molar-refractivity contribution in [2.45, 2.75) is 264 Å². The predicted octanol–water partition coefficient (Wildman–Crippen LogP) is 18.1. The minimum atomic E-state index is -4.71. The van der Waals surface area contributed by atoms with Gasteiger partial charge in [0.25, 0.3) is 7.82 Å². The Kier molecular flexibility index (Phi) is 52.1. The van der Waals surface area contributed by atoms with Crippen LogP contribution in [0.2, 0.25) is 0 Å². The van der Waals surface area contributed by atoms with E-state index in [0.717, 1.165) is 109 Å². The van der Waals surface area contributed by atoms with Crippen LogP contribution in [0.3, 0.4) is 0 Å². The minimum Gasteiger partial charge on any atom is -0.756 e. The van der Waals surface area contributed by atoms with Crippen molar-refractivity contribution in [3.8, 4) is 0 Å². The number of quaternary nitrogens is 1. The Bertz CT molecular complexity index is 1610. The van der Waals surface area contributed by atoms with E-state index in [-0.39, 0.29) is 31.3 Å². The zero-order chi connectivity index (χ0) is 55.0. The molecule has 0 heterocycles. The molecule has 1 N–H and O–H groups in total. The lowest BCUT2D eigenvalue weighted by Crippen LogP contribution is -2.47. The maximum atomic E-state index is 13.5. The zero-order valence-electron chi connectivity index (χ0n) is 49.2. The van der Waals surface area contributed by atoms with E-state index in [1.165, 1.54) is 96.3 Å². The number of rotatable bonds is 54. The average molecular weight is 1070 g/mol. The molecular formula is C65H115N2O7P. The fourth-order valence-electron chi connectivity index (χ4n) is 8.22. The smallest absolute Gasteiger partial charge is 0.306 e. The van der Waals surface area contributed by atoms with Gasteiger partial charge in [0.05, 0.1) is 33.8 Å². The molecule has 0 aromatic heterocycles. The molecule has 0 bridgehead atoms. The van der Waals surface area contributed by atoms with Gasteiger partial charge in [-0.15, -0.1) is 0 Å². The molecule has 75 heavy (non-hydrogen) atoms. The summed E-state index contributed by atoms with van der Waals surface area (Å²) in [5.74, 6) is -0.592. The number of ether oxygens (including phenoxy) is 1. The van der Waals surface area contributed by atoms with E-state index < -0.39 is 26.6 Å². The lowest BCUT2D eigenvalue weighted by Gasteiger charge is -2.30. The second kappa shape index (κ2) is 54.3. The third kappa shape index (κ3) is 55.5. The quantitative estimate of drug-likeness (QED) is 0.0212. The summed E-state index contributed by atoms with van der Waals surface area (Å²) < 4.78 is 30.2. The first kappa shape index (κ1) is 71.9. The van der Waals surface area contributed by atoms with Gasteiger partial charge in [-0.1, -0.05) is 221 Å². The van der Waals surface area contributed by atoms with Gasteiger partial charge >= 0.3 is 5.97 Å². The van der Waals surface area contributed by atoms with Crippen LogP contribution in [0.5, 0.6) is 0 Å². The number of esters is 1. The molecule has 0 aliphatic carbocycles. The number of likely N-dealkylation sites (N-methyl/N-ethyl adjacent to an activating group) is 1. The van der Waals surface area contributed by atoms with Gasteiger partial charge in [-0.25, -0.2) is 0 Å². The molecule has 0 aliphatic heterocycles. The van der Waals surface area contributed by atoms with Gasteiger partial charge in [0.15, 0.2) is 0 Å². The van der Waals surface area contributed by atoms with E-state index in [1.54, 1.807) is 0 Å². The summed E-state index contributed by atoms with van der Waals surface area (Å²) in [6.45, 7) is 6.74. The van der Waals surface area contributed by atoms with Crippen LogP contribution in [-0.2, 0) is 27.9 Å². The van der Waals surface area contributed by atoms with Crippen LogP contribution >= 0.6 is 7.82 Å². The van der Waals surface area contributed by atoms with E-state index in [2.05, 4.69) is 111 Å². The summed E-state index contributed by atoms with van der Waals surface area (Å²) in [6, 6.07) is -0.913. The van der Waals surface area contributed by atoms with Crippen molar-refractivity contribution in [2.24, 2.45) is 0 Å². The molecule has 3 atom stereocenters. The number of phosphoric acid groups is 1. The molecule has 0 spiro atoms. The molecule has 0 fully saturated rings. The van der Waals surface area contributed by atoms with E-state index in [1.807, 2.05) is 33.3 Å². The summed E-state index contributed by atoms with van der Waals surface area (Å²) in [5, 5.41) is 3.01. The Hall–Kier alpha value is -3.07. The van der Waals surface area contributed by atoms with Crippen LogP contribution in [0, 0.1) is 0 Å². The second-order valence-corrected chi connectivity index (χ2v) is 22.9. The molecule has 0 radical (unpaired) electrons. The fourth-order valence-corrected chi connectivity index (χ4v) is 8.94. The van der Waals surface area contributed by atoms with Crippen LogP contribution in [0.4, 0.5) is 0 Å². The monoisotopic (exact) mass is 1070 g/mol. The first-order chi connectivity index (χ1) is 36.4. The molecule has 9 nitrogen and oxygen atoms in total. The number of amides is 1. The predicted molar refractivity (Wildman–Crippen MR) is 321 cm³/mol. The number of allylic oxidation sites excluding steroid dienone is 15. The molecule has 0 saturated carbocycles. The standard InChI is InChI=1S/C65H115N2O7P/c1-7-10-13-16-19-22-25-27-29-31-32-33-34-36-37-39-42-45-48-51-54-57-64(68)66-62(61-73-75(70,71)72-60-59-67(4,5)6)63(56-53-50-47-44-41-24-21-18-15-12-9-3)74-65(69)58-55-52-49-46-43-40-38-35-30-28-26-23-20-17-14-11-8-2/h19-20,22-23,27-30,32-33,36-38,40,53,56,62-63H,7-18,21,24-26,31,34-35,39,41-52,54-55,57-61H2,1-6H3,(H-,66,68,70,71)/b22-19-,23-20-,29-27-,30-28-,33-32-,37-36-,40-38-,56-53-. The number of carbonyl (C=O) groups is 2. The maximum absolute atomic E-state index is 13.5. The van der Waals surface area contributed by atoms with Gasteiger partial charge in [-0.2, -0.15) is 0 Å². The Labute approximate surface area is 462 Å². The van der Waals surface area contributed by atoms with Gasteiger partial charge in [-0.3, -0.25) is 14.2 Å². The highest BCUT2D eigenvalue weighted by Crippen LogP contribution is 2.38. The van der Waals surface area contributed by atoms with E-state index in [4.69, 9.17) is 13.8 Å². The van der Waals surface area contributed by atoms with E-state index in [9.17, 15) is 19.0 Å². The van der Waals surface area contributed by atoms with E-state index in [0.29, 0.717) is 23.9 Å². The normalized spacial score (nSPS) is 14.4. The van der Waals surface area contributed by atoms with E-state index >= 15 is 0 Å². The first-order valence-corrected chi connectivity index (χ1v) is 32.0. The Morgan fingerprint density at radius 1 is 0.467 bits per heavy atom. The average Bonchev–Trinajstić information content (AvgIpc) is 3.37. The van der Waals surface area contributed by atoms with Gasteiger partial charge in [0.2, 0.25) is 5.91 Å². The number of unbranched alkanes of at least 4 members (excludes halogenated alkanes) is 24. The van der Waals surface area contributed by atoms with Crippen molar-refractivity contribution >= 4 is 19.7 Å². The summed E-state index contributed by atoms with van der Waals surface area (Å²) in [4.78, 5) is 39.9. The van der Waals surface area contributed by atoms with Crippen molar-refractivity contribution in [1.29, 1.82) is 0 Å². The molecule has 10 heteroatoms. The maximum Gasteiger partial charge on any atom is 0.306 e. The Morgan fingerprint density at radius 2 is 0.813 bits per heavy atom. The number of carbonyl (C=O) groups excluding carboxylic acids is 2. The van der Waals surface area contributed by atoms with Crippen LogP contribution in [0.25, 0.3) is 0 Å². The lowest BCUT2D eigenvalue weighted by molar-refractivity contribution is -0.870. The summed E-state index contributed by atoms with van der Waals surface area (Å²) in [6.07, 6.45) is 72.2. The van der Waals surface area contributed by atoms with Crippen molar-refractivity contribution in [1.82, 2.24) is 5.32 Å². The van der Waals surface area contributed by atoms with Crippen molar-refractivity contribution in [3.05, 3.63) is 97.2 Å². The molecule has 0 saturated heterocycles. The number of hydrogen-bond acceptors (Lipinski definition) is 7. The SMILES string of the molecule is CCCCC/C=C\C/C=C\C/C=C\C/C=C\CCCCCCCC(=O)NC(COP(=O)([O-])OCC[N+](C)(C)C)C(/C=C\CCCCCCCCCCC)OC(=O)CCCCCC/C=C\C/C=C\C/C=C\CCCCC. The van der Waals surface area contributed by atoms with Crippen LogP contribution in [-0.4, -0.2) is 69.4 Å². The molecule has 3 unspecified atom stereocenters. The molecule has 0 aliphatic rings. The largest absolute Gasteiger partial charge is 0.756 e. The number of hydrogen-bond donors (Lipinski definition) is 1. The fraction of sp³-hybridized carbons (Fsp3) is 0.723. The summed E-state index contributed by atoms with van der Waals surface area (Å²) in [7, 11) is 1.15. The molecule has 1 amide bonds. The Balaban J connectivity index is 5.32. The van der Waals surface area contributed by atoms with Gasteiger partial charge in [-0.05, 0) is 115 Å². The highest BCUT2D eigenvalue weighted by atomic mass is 31.2. The number of nitrogens with zero attached hydrogens (tertiary/aromatic N) is 1. The van der Waals surface area contributed by atoms with Crippen molar-refractivity contribution in [3.63, 3.8) is 0 Å². The number of nitrogens with one attached hydrogen (secondary N) is 1. The molecule has 0 aromatic rings. The molecule has 0 aromatic carbocycles. The molecular weight excluding hydrogens is 952 g/mol. The highest BCUT2D eigenvalue weighted by Gasteiger charge is 2.27. The molecule has 432 valence electrons.